The normalized spacial score (nSPS) is 10.9. The highest BCUT2D eigenvalue weighted by molar-refractivity contribution is 5.97. The van der Waals surface area contributed by atoms with Gasteiger partial charge >= 0.3 is 6.18 Å². The van der Waals surface area contributed by atoms with Crippen LogP contribution in [0.3, 0.4) is 0 Å². The van der Waals surface area contributed by atoms with Gasteiger partial charge in [-0.15, -0.1) is 0 Å². The molecule has 1 aromatic carbocycles. The van der Waals surface area contributed by atoms with Crippen LogP contribution in [0, 0.1) is 0 Å². The average Bonchev–Trinajstić information content (AvgIpc) is 2.25. The zero-order valence-electron chi connectivity index (χ0n) is 7.95. The van der Waals surface area contributed by atoms with Gasteiger partial charge in [0.2, 0.25) is 0 Å². The second-order valence-corrected chi connectivity index (χ2v) is 2.91. The molecule has 0 aliphatic heterocycles. The van der Waals surface area contributed by atoms with Crippen LogP contribution in [0.4, 0.5) is 13.2 Å². The van der Waals surface area contributed by atoms with Crippen molar-refractivity contribution in [1.82, 2.24) is 0 Å². The van der Waals surface area contributed by atoms with E-state index in [9.17, 15) is 22.8 Å². The monoisotopic (exact) mass is 232 g/mol. The molecular weight excluding hydrogens is 225 g/mol. The summed E-state index contributed by atoms with van der Waals surface area (Å²) in [6.45, 7) is -0.504. The summed E-state index contributed by atoms with van der Waals surface area (Å²) in [5, 5.41) is 0. The molecule has 6 heteroatoms. The smallest absolute Gasteiger partial charge is 0.416 e. The molecule has 3 nitrogen and oxygen atoms in total. The Morgan fingerprint density at radius 3 is 2.62 bits per heavy atom. The molecule has 0 bridgehead atoms. The summed E-state index contributed by atoms with van der Waals surface area (Å²) in [4.78, 5) is 21.0. The average molecular weight is 232 g/mol. The number of ether oxygens (including phenoxy) is 1. The fraction of sp³-hybridized carbons (Fsp3) is 0.200. The summed E-state index contributed by atoms with van der Waals surface area (Å²) in [6.07, 6.45) is -4.50. The van der Waals surface area contributed by atoms with Gasteiger partial charge in [-0.2, -0.15) is 13.2 Å². The molecule has 0 saturated carbocycles. The van der Waals surface area contributed by atoms with Gasteiger partial charge in [0.25, 0.3) is 6.47 Å². The van der Waals surface area contributed by atoms with E-state index in [2.05, 4.69) is 4.74 Å². The minimum Gasteiger partial charge on any atom is -0.459 e. The van der Waals surface area contributed by atoms with E-state index in [0.717, 1.165) is 18.2 Å². The Hall–Kier alpha value is -1.85. The van der Waals surface area contributed by atoms with Crippen molar-refractivity contribution >= 4 is 12.3 Å². The van der Waals surface area contributed by atoms with Crippen molar-refractivity contribution < 1.29 is 27.5 Å². The number of halogens is 3. The lowest BCUT2D eigenvalue weighted by atomic mass is 10.1. The number of rotatable bonds is 4. The molecule has 0 heterocycles. The Kier molecular flexibility index (Phi) is 3.65. The van der Waals surface area contributed by atoms with Crippen LogP contribution < -0.4 is 0 Å². The van der Waals surface area contributed by atoms with E-state index in [1.807, 2.05) is 0 Å². The van der Waals surface area contributed by atoms with Crippen LogP contribution in [0.1, 0.15) is 15.9 Å². The molecule has 0 saturated heterocycles. The lowest BCUT2D eigenvalue weighted by Crippen LogP contribution is -2.11. The summed E-state index contributed by atoms with van der Waals surface area (Å²) < 4.78 is 41.0. The molecule has 86 valence electrons. The number of hydrogen-bond acceptors (Lipinski definition) is 3. The van der Waals surface area contributed by atoms with Gasteiger partial charge in [-0.05, 0) is 12.1 Å². The number of Topliss-reactive ketones (excluding diaryl/α,β-unsaturated/α-hetero) is 1. The summed E-state index contributed by atoms with van der Waals surface area (Å²) in [7, 11) is 0. The van der Waals surface area contributed by atoms with Crippen LogP contribution in [-0.4, -0.2) is 18.9 Å². The molecule has 0 spiro atoms. The van der Waals surface area contributed by atoms with Crippen molar-refractivity contribution in [3.8, 4) is 0 Å². The number of carbonyl (C=O) groups excluding carboxylic acids is 2. The zero-order chi connectivity index (χ0) is 12.2. The highest BCUT2D eigenvalue weighted by atomic mass is 19.4. The quantitative estimate of drug-likeness (QED) is 0.589. The fourth-order valence-electron chi connectivity index (χ4n) is 1.06. The molecule has 0 aromatic heterocycles. The van der Waals surface area contributed by atoms with Crippen molar-refractivity contribution in [2.45, 2.75) is 6.18 Å². The van der Waals surface area contributed by atoms with E-state index in [-0.39, 0.29) is 12.0 Å². The molecule has 0 atom stereocenters. The van der Waals surface area contributed by atoms with E-state index in [0.29, 0.717) is 0 Å². The molecule has 0 fully saturated rings. The topological polar surface area (TPSA) is 43.4 Å². The number of hydrogen-bond donors (Lipinski definition) is 0. The molecule has 1 aromatic rings. The van der Waals surface area contributed by atoms with Gasteiger partial charge in [-0.3, -0.25) is 9.59 Å². The van der Waals surface area contributed by atoms with Crippen LogP contribution in [-0.2, 0) is 15.7 Å². The number of ketones is 1. The predicted octanol–water partition coefficient (Wildman–Crippen LogP) is 2.06. The minimum atomic E-state index is -4.50. The summed E-state index contributed by atoms with van der Waals surface area (Å²) in [6, 6.07) is 3.93. The summed E-state index contributed by atoms with van der Waals surface area (Å²) >= 11 is 0. The number of alkyl halides is 3. The van der Waals surface area contributed by atoms with Crippen LogP contribution in [0.15, 0.2) is 24.3 Å². The maximum absolute atomic E-state index is 12.3. The lowest BCUT2D eigenvalue weighted by Gasteiger charge is -2.07. The molecular formula is C10H7F3O3. The molecule has 0 unspecified atom stereocenters. The zero-order valence-corrected chi connectivity index (χ0v) is 7.95. The highest BCUT2D eigenvalue weighted by Gasteiger charge is 2.30. The van der Waals surface area contributed by atoms with E-state index >= 15 is 0 Å². The summed E-state index contributed by atoms with van der Waals surface area (Å²) in [5.74, 6) is -0.682. The van der Waals surface area contributed by atoms with Gasteiger partial charge in [0.1, 0.15) is 0 Å². The highest BCUT2D eigenvalue weighted by Crippen LogP contribution is 2.29. The SMILES string of the molecule is O=COCC(=O)c1cccc(C(F)(F)F)c1. The molecule has 0 aliphatic carbocycles. The van der Waals surface area contributed by atoms with E-state index < -0.39 is 24.1 Å². The third kappa shape index (κ3) is 3.08. The lowest BCUT2D eigenvalue weighted by molar-refractivity contribution is -0.137. The molecule has 16 heavy (non-hydrogen) atoms. The first kappa shape index (κ1) is 12.2. The number of benzene rings is 1. The Morgan fingerprint density at radius 1 is 1.38 bits per heavy atom. The van der Waals surface area contributed by atoms with E-state index in [1.165, 1.54) is 6.07 Å². The first-order chi connectivity index (χ1) is 7.45. The molecule has 0 radical (unpaired) electrons. The van der Waals surface area contributed by atoms with Gasteiger partial charge in [0.15, 0.2) is 12.4 Å². The Bertz CT molecular complexity index is 399. The van der Waals surface area contributed by atoms with Crippen LogP contribution in [0.2, 0.25) is 0 Å². The molecule has 0 amide bonds. The Balaban J connectivity index is 2.90. The van der Waals surface area contributed by atoms with Crippen molar-refractivity contribution in [3.05, 3.63) is 35.4 Å². The van der Waals surface area contributed by atoms with Gasteiger partial charge in [0.05, 0.1) is 5.56 Å². The van der Waals surface area contributed by atoms with Gasteiger partial charge < -0.3 is 4.74 Å². The molecule has 0 N–H and O–H groups in total. The van der Waals surface area contributed by atoms with E-state index in [4.69, 9.17) is 0 Å². The van der Waals surface area contributed by atoms with Gasteiger partial charge in [-0.25, -0.2) is 0 Å². The van der Waals surface area contributed by atoms with Crippen LogP contribution in [0.25, 0.3) is 0 Å². The maximum Gasteiger partial charge on any atom is 0.416 e. The third-order valence-electron chi connectivity index (χ3n) is 1.79. The van der Waals surface area contributed by atoms with Gasteiger partial charge in [0, 0.05) is 5.56 Å². The van der Waals surface area contributed by atoms with Crippen molar-refractivity contribution in [1.29, 1.82) is 0 Å². The number of carbonyl (C=O) groups is 2. The second-order valence-electron chi connectivity index (χ2n) is 2.91. The maximum atomic E-state index is 12.3. The third-order valence-corrected chi connectivity index (χ3v) is 1.79. The van der Waals surface area contributed by atoms with Crippen LogP contribution in [0.5, 0.6) is 0 Å². The Morgan fingerprint density at radius 2 is 2.06 bits per heavy atom. The first-order valence-corrected chi connectivity index (χ1v) is 4.21. The summed E-state index contributed by atoms with van der Waals surface area (Å²) in [5.41, 5.74) is -1.05. The van der Waals surface area contributed by atoms with Crippen LogP contribution >= 0.6 is 0 Å². The molecule has 0 aliphatic rings. The van der Waals surface area contributed by atoms with Crippen molar-refractivity contribution in [3.63, 3.8) is 0 Å². The van der Waals surface area contributed by atoms with E-state index in [1.54, 1.807) is 0 Å². The standard InChI is InChI=1S/C10H7F3O3/c11-10(12,13)8-3-1-2-7(4-8)9(15)5-16-6-14/h1-4,6H,5H2. The largest absolute Gasteiger partial charge is 0.459 e. The molecule has 1 rings (SSSR count). The fourth-order valence-corrected chi connectivity index (χ4v) is 1.06. The first-order valence-electron chi connectivity index (χ1n) is 4.21. The van der Waals surface area contributed by atoms with Crippen molar-refractivity contribution in [2.24, 2.45) is 0 Å². The predicted molar refractivity (Wildman–Crippen MR) is 47.8 cm³/mol. The minimum absolute atomic E-state index is 0.0610. The van der Waals surface area contributed by atoms with Gasteiger partial charge in [-0.1, -0.05) is 12.1 Å². The second kappa shape index (κ2) is 4.78. The van der Waals surface area contributed by atoms with Crippen molar-refractivity contribution in [2.75, 3.05) is 6.61 Å². The Labute approximate surface area is 88.8 Å².